The van der Waals surface area contributed by atoms with Gasteiger partial charge in [-0.15, -0.1) is 0 Å². The molecule has 0 rings (SSSR count). The van der Waals surface area contributed by atoms with Crippen molar-refractivity contribution in [2.75, 3.05) is 17.3 Å². The Hall–Kier alpha value is -1.18. The van der Waals surface area contributed by atoms with Gasteiger partial charge in [-0.25, -0.2) is 0 Å². The van der Waals surface area contributed by atoms with Gasteiger partial charge in [0.1, 0.15) is 18.2 Å². The van der Waals surface area contributed by atoms with Crippen molar-refractivity contribution < 1.29 is 0 Å². The number of unbranched alkanes of at least 4 members (excludes halogenated alkanes) is 3. The summed E-state index contributed by atoms with van der Waals surface area (Å²) in [4.78, 5) is 0. The van der Waals surface area contributed by atoms with Gasteiger partial charge in [0.2, 0.25) is 0 Å². The highest BCUT2D eigenvalue weighted by Gasteiger charge is 2.47. The SMILES string of the molecule is CCCCS(CCCC)(CCCC)C(C#N)(C#N)C#N. The van der Waals surface area contributed by atoms with Crippen LogP contribution in [0.25, 0.3) is 0 Å². The maximum absolute atomic E-state index is 9.54. The van der Waals surface area contributed by atoms with Crippen LogP contribution in [0.15, 0.2) is 0 Å². The second kappa shape index (κ2) is 9.68. The lowest BCUT2D eigenvalue weighted by atomic mass is 10.2. The molecule has 0 unspecified atom stereocenters. The molecule has 0 N–H and O–H groups in total. The monoisotopic (exact) mass is 293 g/mol. The molecule has 0 aliphatic rings. The molecule has 0 heterocycles. The van der Waals surface area contributed by atoms with Gasteiger partial charge in [0.15, 0.2) is 0 Å². The summed E-state index contributed by atoms with van der Waals surface area (Å²) in [5, 5.41) is 28.6. The molecule has 4 heteroatoms. The van der Waals surface area contributed by atoms with Crippen molar-refractivity contribution >= 4 is 10.0 Å². The molecule has 3 nitrogen and oxygen atoms in total. The molecule has 0 aromatic rings. The molecule has 0 atom stereocenters. The van der Waals surface area contributed by atoms with Gasteiger partial charge in [0.05, 0.1) is 0 Å². The molecular weight excluding hydrogens is 266 g/mol. The first-order chi connectivity index (χ1) is 9.61. The van der Waals surface area contributed by atoms with Crippen molar-refractivity contribution in [2.24, 2.45) is 0 Å². The van der Waals surface area contributed by atoms with Crippen LogP contribution in [0.5, 0.6) is 0 Å². The predicted molar refractivity (Wildman–Crippen MR) is 86.5 cm³/mol. The number of hydrogen-bond acceptors (Lipinski definition) is 3. The second-order valence-corrected chi connectivity index (χ2v) is 9.16. The number of nitrogens with zero attached hydrogens (tertiary/aromatic N) is 3. The summed E-state index contributed by atoms with van der Waals surface area (Å²) in [5.74, 6) is 2.66. The summed E-state index contributed by atoms with van der Waals surface area (Å²) in [5.41, 5.74) is 0. The molecule has 0 saturated carbocycles. The first-order valence-corrected chi connectivity index (χ1v) is 9.75. The summed E-state index contributed by atoms with van der Waals surface area (Å²) in [6.45, 7) is 6.37. The van der Waals surface area contributed by atoms with Crippen LogP contribution in [0.4, 0.5) is 0 Å². The molecule has 0 spiro atoms. The molecular formula is C16H27N3S. The fourth-order valence-corrected chi connectivity index (χ4v) is 7.03. The third kappa shape index (κ3) is 4.16. The molecule has 0 radical (unpaired) electrons. The molecule has 0 aliphatic carbocycles. The fourth-order valence-electron chi connectivity index (χ4n) is 2.39. The Morgan fingerprint density at radius 1 is 0.700 bits per heavy atom. The van der Waals surface area contributed by atoms with Crippen LogP contribution in [-0.4, -0.2) is 22.0 Å². The lowest BCUT2D eigenvalue weighted by molar-refractivity contribution is 0.836. The molecule has 112 valence electrons. The summed E-state index contributed by atoms with van der Waals surface area (Å²) in [6.07, 6.45) is 6.17. The van der Waals surface area contributed by atoms with Gasteiger partial charge in [-0.3, -0.25) is 0 Å². The zero-order chi connectivity index (χ0) is 15.5. The van der Waals surface area contributed by atoms with Gasteiger partial charge in [-0.05, 0) is 36.5 Å². The number of nitriles is 3. The largest absolute Gasteiger partial charge is 0.259 e. The van der Waals surface area contributed by atoms with Crippen molar-refractivity contribution in [3.8, 4) is 18.2 Å². The summed E-state index contributed by atoms with van der Waals surface area (Å²) in [6, 6.07) is 6.29. The Labute approximate surface area is 125 Å². The van der Waals surface area contributed by atoms with E-state index in [1.165, 1.54) is 0 Å². The van der Waals surface area contributed by atoms with E-state index in [0.717, 1.165) is 55.8 Å². The van der Waals surface area contributed by atoms with E-state index in [2.05, 4.69) is 39.0 Å². The van der Waals surface area contributed by atoms with E-state index in [0.29, 0.717) is 0 Å². The number of hydrogen-bond donors (Lipinski definition) is 0. The number of rotatable bonds is 10. The van der Waals surface area contributed by atoms with E-state index in [4.69, 9.17) is 0 Å². The highest BCUT2D eigenvalue weighted by Crippen LogP contribution is 2.60. The van der Waals surface area contributed by atoms with Crippen LogP contribution >= 0.6 is 10.0 Å². The Morgan fingerprint density at radius 3 is 1.20 bits per heavy atom. The molecule has 0 aromatic carbocycles. The third-order valence-electron chi connectivity index (χ3n) is 3.79. The Kier molecular flexibility index (Phi) is 9.11. The fraction of sp³-hybridized carbons (Fsp3) is 0.812. The van der Waals surface area contributed by atoms with Crippen molar-refractivity contribution in [2.45, 2.75) is 64.0 Å². The molecule has 0 aromatic heterocycles. The van der Waals surface area contributed by atoms with Gasteiger partial charge in [0.25, 0.3) is 4.75 Å². The van der Waals surface area contributed by atoms with E-state index in [1.54, 1.807) is 0 Å². The predicted octanol–water partition coefficient (Wildman–Crippen LogP) is 4.50. The topological polar surface area (TPSA) is 71.4 Å². The minimum absolute atomic E-state index is 0.887. The minimum atomic E-state index is -1.52. The average molecular weight is 293 g/mol. The Balaban J connectivity index is 5.62. The maximum atomic E-state index is 9.54. The van der Waals surface area contributed by atoms with E-state index in [-0.39, 0.29) is 0 Å². The Bertz CT molecular complexity index is 340. The lowest BCUT2D eigenvalue weighted by Gasteiger charge is -2.45. The maximum Gasteiger partial charge on any atom is 0.259 e. The zero-order valence-corrected chi connectivity index (χ0v) is 13.9. The van der Waals surface area contributed by atoms with Crippen molar-refractivity contribution in [1.29, 1.82) is 15.8 Å². The lowest BCUT2D eigenvalue weighted by Crippen LogP contribution is -2.37. The highest BCUT2D eigenvalue weighted by molar-refractivity contribution is 8.35. The van der Waals surface area contributed by atoms with Gasteiger partial charge in [-0.1, -0.05) is 40.0 Å². The van der Waals surface area contributed by atoms with Crippen LogP contribution in [0.3, 0.4) is 0 Å². The van der Waals surface area contributed by atoms with Crippen LogP contribution in [0.2, 0.25) is 0 Å². The average Bonchev–Trinajstić information content (AvgIpc) is 2.50. The van der Waals surface area contributed by atoms with Crippen molar-refractivity contribution in [1.82, 2.24) is 0 Å². The van der Waals surface area contributed by atoms with Gasteiger partial charge < -0.3 is 0 Å². The highest BCUT2D eigenvalue weighted by atomic mass is 32.3. The standard InChI is InChI=1S/C16H27N3S/c1-4-7-10-20(11-8-5-2,12-9-6-3)16(13-17,14-18)15-19/h4-12H2,1-3H3. The van der Waals surface area contributed by atoms with Crippen LogP contribution < -0.4 is 0 Å². The molecule has 0 amide bonds. The second-order valence-electron chi connectivity index (χ2n) is 5.24. The molecule has 0 saturated heterocycles. The minimum Gasteiger partial charge on any atom is -0.197 e. The van der Waals surface area contributed by atoms with Crippen molar-refractivity contribution in [3.63, 3.8) is 0 Å². The van der Waals surface area contributed by atoms with Crippen LogP contribution in [0.1, 0.15) is 59.3 Å². The summed E-state index contributed by atoms with van der Waals surface area (Å²) < 4.78 is -1.41. The molecule has 0 fully saturated rings. The summed E-state index contributed by atoms with van der Waals surface area (Å²) in [7, 11) is -1.52. The first-order valence-electron chi connectivity index (χ1n) is 7.61. The molecule has 0 aliphatic heterocycles. The Morgan fingerprint density at radius 2 is 1.00 bits per heavy atom. The van der Waals surface area contributed by atoms with Gasteiger partial charge in [0, 0.05) is 0 Å². The first kappa shape index (κ1) is 18.8. The molecule has 0 bridgehead atoms. The van der Waals surface area contributed by atoms with E-state index >= 15 is 0 Å². The van der Waals surface area contributed by atoms with E-state index in [1.807, 2.05) is 0 Å². The summed E-state index contributed by atoms with van der Waals surface area (Å²) >= 11 is 0. The quantitative estimate of drug-likeness (QED) is 0.595. The zero-order valence-electron chi connectivity index (χ0n) is 13.1. The third-order valence-corrected chi connectivity index (χ3v) is 8.57. The van der Waals surface area contributed by atoms with Crippen molar-refractivity contribution in [3.05, 3.63) is 0 Å². The van der Waals surface area contributed by atoms with E-state index in [9.17, 15) is 15.8 Å². The molecule has 20 heavy (non-hydrogen) atoms. The van der Waals surface area contributed by atoms with Gasteiger partial charge in [-0.2, -0.15) is 25.8 Å². The van der Waals surface area contributed by atoms with E-state index < -0.39 is 14.8 Å². The van der Waals surface area contributed by atoms with Crippen LogP contribution in [0, 0.1) is 34.0 Å². The van der Waals surface area contributed by atoms with Gasteiger partial charge >= 0.3 is 0 Å². The normalized spacial score (nSPS) is 12.2. The van der Waals surface area contributed by atoms with Crippen LogP contribution in [-0.2, 0) is 0 Å². The smallest absolute Gasteiger partial charge is 0.197 e.